The van der Waals surface area contributed by atoms with E-state index >= 15 is 0 Å². The van der Waals surface area contributed by atoms with Crippen molar-refractivity contribution in [1.29, 1.82) is 0 Å². The molecule has 0 aliphatic heterocycles. The lowest BCUT2D eigenvalue weighted by molar-refractivity contribution is 1.36. The van der Waals surface area contributed by atoms with E-state index in [4.69, 9.17) is 15.0 Å². The fourth-order valence-electron chi connectivity index (χ4n) is 7.82. The summed E-state index contributed by atoms with van der Waals surface area (Å²) in [7, 11) is 0. The van der Waals surface area contributed by atoms with Gasteiger partial charge in [0, 0.05) is 48.3 Å². The van der Waals surface area contributed by atoms with Gasteiger partial charge in [0.15, 0.2) is 0 Å². The van der Waals surface area contributed by atoms with Gasteiger partial charge in [-0.15, -0.1) is 11.3 Å². The maximum absolute atomic E-state index is 5.34. The van der Waals surface area contributed by atoms with Gasteiger partial charge in [0.2, 0.25) is 0 Å². The zero-order chi connectivity index (χ0) is 34.9. The molecule has 0 radical (unpaired) electrons. The number of nitrogens with zero attached hydrogens (tertiary/aromatic N) is 3. The average molecular weight is 692 g/mol. The fourth-order valence-corrected chi connectivity index (χ4v) is 9.04. The third kappa shape index (κ3) is 4.91. The van der Waals surface area contributed by atoms with E-state index in [2.05, 4.69) is 158 Å². The van der Waals surface area contributed by atoms with E-state index in [9.17, 15) is 0 Å². The monoisotopic (exact) mass is 691 g/mol. The molecule has 0 atom stereocenters. The Bertz CT molecular complexity index is 3220. The Kier molecular flexibility index (Phi) is 6.73. The summed E-state index contributed by atoms with van der Waals surface area (Å²) < 4.78 is 2.51. The molecule has 0 aliphatic carbocycles. The number of rotatable bonds is 4. The molecule has 0 spiro atoms. The van der Waals surface area contributed by atoms with Crippen LogP contribution in [0.1, 0.15) is 0 Å². The normalized spacial score (nSPS) is 11.8. The standard InChI is InChI=1S/C49H29N3S/c1-2-10-32(11-3-1)40-26-24-33-21-22-34-25-27-41(51-47(34)46(33)50-40)37-13-8-12-36(29-37)30-17-19-35(20-18-30)48-49-45(39-15-6-7-16-43(39)53-49)44-38-14-5-4-9-31(38)23-28-42(44)52-48/h1-29H. The van der Waals surface area contributed by atoms with E-state index in [1.807, 2.05) is 29.5 Å². The Hall–Kier alpha value is -6.75. The summed E-state index contributed by atoms with van der Waals surface area (Å²) >= 11 is 1.83. The topological polar surface area (TPSA) is 38.7 Å². The number of benzene rings is 7. The molecule has 0 aliphatic rings. The molecule has 4 aromatic heterocycles. The number of thiophene rings is 1. The van der Waals surface area contributed by atoms with Gasteiger partial charge in [0.1, 0.15) is 0 Å². The van der Waals surface area contributed by atoms with Gasteiger partial charge in [0.25, 0.3) is 0 Å². The molecule has 246 valence electrons. The maximum atomic E-state index is 5.34. The molecule has 0 amide bonds. The molecule has 0 saturated carbocycles. The van der Waals surface area contributed by atoms with Crippen LogP contribution in [0, 0.1) is 0 Å². The van der Waals surface area contributed by atoms with E-state index in [0.29, 0.717) is 0 Å². The fraction of sp³-hybridized carbons (Fsp3) is 0. The van der Waals surface area contributed by atoms with Crippen LogP contribution in [0.4, 0.5) is 0 Å². The van der Waals surface area contributed by atoms with Crippen LogP contribution in [-0.4, -0.2) is 15.0 Å². The summed E-state index contributed by atoms with van der Waals surface area (Å²) in [5, 5.41) is 8.45. The second-order valence-corrected chi connectivity index (χ2v) is 14.6. The smallest absolute Gasteiger partial charge is 0.0972 e. The highest BCUT2D eigenvalue weighted by Gasteiger charge is 2.18. The zero-order valence-corrected chi connectivity index (χ0v) is 29.3. The predicted octanol–water partition coefficient (Wildman–Crippen LogP) is 13.5. The van der Waals surface area contributed by atoms with Gasteiger partial charge in [-0.05, 0) is 52.2 Å². The summed E-state index contributed by atoms with van der Waals surface area (Å²) in [6.45, 7) is 0. The number of hydrogen-bond donors (Lipinski definition) is 0. The highest BCUT2D eigenvalue weighted by molar-refractivity contribution is 7.26. The molecule has 11 rings (SSSR count). The third-order valence-corrected chi connectivity index (χ3v) is 11.6. The number of hydrogen-bond acceptors (Lipinski definition) is 4. The molecular formula is C49H29N3S. The van der Waals surface area contributed by atoms with Crippen molar-refractivity contribution in [1.82, 2.24) is 15.0 Å². The minimum Gasteiger partial charge on any atom is -0.246 e. The Morgan fingerprint density at radius 1 is 0.358 bits per heavy atom. The first-order chi connectivity index (χ1) is 26.2. The first-order valence-corrected chi connectivity index (χ1v) is 18.7. The highest BCUT2D eigenvalue weighted by Crippen LogP contribution is 2.45. The van der Waals surface area contributed by atoms with Crippen molar-refractivity contribution in [2.45, 2.75) is 0 Å². The van der Waals surface area contributed by atoms with E-state index in [1.54, 1.807) is 0 Å². The third-order valence-electron chi connectivity index (χ3n) is 10.4. The van der Waals surface area contributed by atoms with E-state index in [0.717, 1.165) is 72.2 Å². The quantitative estimate of drug-likeness (QED) is 0.172. The van der Waals surface area contributed by atoms with Crippen LogP contribution in [0.3, 0.4) is 0 Å². The average Bonchev–Trinajstić information content (AvgIpc) is 3.63. The zero-order valence-electron chi connectivity index (χ0n) is 28.5. The minimum absolute atomic E-state index is 0.913. The van der Waals surface area contributed by atoms with Crippen LogP contribution in [0.5, 0.6) is 0 Å². The Morgan fingerprint density at radius 3 is 1.75 bits per heavy atom. The van der Waals surface area contributed by atoms with Crippen LogP contribution in [0.25, 0.3) is 109 Å². The van der Waals surface area contributed by atoms with Crippen molar-refractivity contribution in [3.8, 4) is 44.9 Å². The molecule has 7 aromatic carbocycles. The van der Waals surface area contributed by atoms with Gasteiger partial charge in [-0.2, -0.15) is 0 Å². The van der Waals surface area contributed by atoms with Gasteiger partial charge < -0.3 is 0 Å². The lowest BCUT2D eigenvalue weighted by atomic mass is 9.97. The number of fused-ring (bicyclic) bond motifs is 10. The summed E-state index contributed by atoms with van der Waals surface area (Å²) in [5.74, 6) is 0. The molecule has 0 fully saturated rings. The maximum Gasteiger partial charge on any atom is 0.0972 e. The first-order valence-electron chi connectivity index (χ1n) is 17.9. The van der Waals surface area contributed by atoms with Crippen molar-refractivity contribution in [2.24, 2.45) is 0 Å². The Balaban J connectivity index is 0.997. The number of aromatic nitrogens is 3. The van der Waals surface area contributed by atoms with E-state index < -0.39 is 0 Å². The lowest BCUT2D eigenvalue weighted by Crippen LogP contribution is -1.91. The summed E-state index contributed by atoms with van der Waals surface area (Å²) in [6.07, 6.45) is 0. The second-order valence-electron chi connectivity index (χ2n) is 13.6. The summed E-state index contributed by atoms with van der Waals surface area (Å²) in [4.78, 5) is 15.7. The van der Waals surface area contributed by atoms with Crippen molar-refractivity contribution in [3.63, 3.8) is 0 Å². The van der Waals surface area contributed by atoms with Crippen molar-refractivity contribution >= 4 is 75.0 Å². The van der Waals surface area contributed by atoms with Crippen LogP contribution in [0.2, 0.25) is 0 Å². The molecule has 11 aromatic rings. The van der Waals surface area contributed by atoms with Crippen molar-refractivity contribution in [3.05, 3.63) is 176 Å². The molecule has 4 heterocycles. The van der Waals surface area contributed by atoms with Gasteiger partial charge >= 0.3 is 0 Å². The van der Waals surface area contributed by atoms with E-state index in [1.165, 1.54) is 36.3 Å². The Labute approximate surface area is 309 Å². The van der Waals surface area contributed by atoms with Crippen LogP contribution >= 0.6 is 11.3 Å². The first kappa shape index (κ1) is 29.9. The van der Waals surface area contributed by atoms with Gasteiger partial charge in [0.05, 0.1) is 38.3 Å². The molecule has 4 heteroatoms. The summed E-state index contributed by atoms with van der Waals surface area (Å²) in [5.41, 5.74) is 11.3. The van der Waals surface area contributed by atoms with Gasteiger partial charge in [-0.1, -0.05) is 146 Å². The molecule has 0 bridgehead atoms. The molecule has 3 nitrogen and oxygen atoms in total. The molecule has 0 N–H and O–H groups in total. The minimum atomic E-state index is 0.913. The summed E-state index contributed by atoms with van der Waals surface area (Å²) in [6, 6.07) is 62.4. The van der Waals surface area contributed by atoms with Crippen LogP contribution in [-0.2, 0) is 0 Å². The van der Waals surface area contributed by atoms with Gasteiger partial charge in [-0.3, -0.25) is 0 Å². The van der Waals surface area contributed by atoms with Crippen LogP contribution in [0.15, 0.2) is 176 Å². The van der Waals surface area contributed by atoms with Crippen LogP contribution < -0.4 is 0 Å². The number of pyridine rings is 3. The SMILES string of the molecule is c1ccc(-c2ccc3ccc4ccc(-c5cccc(-c6ccc(-c7nc8ccc9ccccc9c8c8c7sc7ccccc78)cc6)c5)nc4c3n2)cc1. The molecule has 0 saturated heterocycles. The largest absolute Gasteiger partial charge is 0.246 e. The molecule has 0 unspecified atom stereocenters. The van der Waals surface area contributed by atoms with Crippen molar-refractivity contribution in [2.75, 3.05) is 0 Å². The Morgan fingerprint density at radius 2 is 0.962 bits per heavy atom. The molecular weight excluding hydrogens is 663 g/mol. The van der Waals surface area contributed by atoms with E-state index in [-0.39, 0.29) is 0 Å². The predicted molar refractivity (Wildman–Crippen MR) is 224 cm³/mol. The van der Waals surface area contributed by atoms with Gasteiger partial charge in [-0.25, -0.2) is 15.0 Å². The second kappa shape index (κ2) is 11.9. The lowest BCUT2D eigenvalue weighted by Gasteiger charge is -2.11. The molecule has 53 heavy (non-hydrogen) atoms. The highest BCUT2D eigenvalue weighted by atomic mass is 32.1. The van der Waals surface area contributed by atoms with Crippen molar-refractivity contribution < 1.29 is 0 Å².